The van der Waals surface area contributed by atoms with Crippen molar-refractivity contribution in [1.29, 1.82) is 0 Å². The topological polar surface area (TPSA) is 81.7 Å². The van der Waals surface area contributed by atoms with Crippen LogP contribution >= 0.6 is 11.3 Å². The maximum atomic E-state index is 13.2. The van der Waals surface area contributed by atoms with E-state index in [0.717, 1.165) is 10.4 Å². The first-order valence-corrected chi connectivity index (χ1v) is 11.8. The molecule has 156 valence electrons. The third-order valence-electron chi connectivity index (χ3n) is 4.99. The smallest absolute Gasteiger partial charge is 0.225 e. The Labute approximate surface area is 179 Å². The maximum absolute atomic E-state index is 13.2. The Bertz CT molecular complexity index is 1190. The maximum Gasteiger partial charge on any atom is 0.225 e. The van der Waals surface area contributed by atoms with E-state index in [0.29, 0.717) is 23.8 Å². The van der Waals surface area contributed by atoms with Gasteiger partial charge in [0.2, 0.25) is 15.7 Å². The molecule has 0 saturated heterocycles. The van der Waals surface area contributed by atoms with Gasteiger partial charge in [-0.3, -0.25) is 4.79 Å². The van der Waals surface area contributed by atoms with Gasteiger partial charge in [0.15, 0.2) is 11.5 Å². The van der Waals surface area contributed by atoms with Crippen LogP contribution in [0.25, 0.3) is 0 Å². The van der Waals surface area contributed by atoms with Gasteiger partial charge >= 0.3 is 0 Å². The molecule has 1 aliphatic heterocycles. The Kier molecular flexibility index (Phi) is 5.53. The van der Waals surface area contributed by atoms with E-state index >= 15 is 0 Å². The Morgan fingerprint density at radius 2 is 1.90 bits per heavy atom. The Morgan fingerprint density at radius 3 is 2.60 bits per heavy atom. The zero-order valence-corrected chi connectivity index (χ0v) is 18.2. The average Bonchev–Trinajstić information content (AvgIpc) is 3.18. The SMILES string of the molecule is CCOc1cc([C@H]2CC(=O)Nc3c(S(=O)(=O)c4ccccc4)csc32)ccc1OC. The number of methoxy groups -OCH3 is 1. The van der Waals surface area contributed by atoms with Crippen LogP contribution < -0.4 is 14.8 Å². The number of thiophene rings is 1. The molecular formula is C22H21NO5S2. The van der Waals surface area contributed by atoms with Crippen LogP contribution in [0.3, 0.4) is 0 Å². The number of carbonyl (C=O) groups excluding carboxylic acids is 1. The fourth-order valence-corrected chi connectivity index (χ4v) is 6.51. The summed E-state index contributed by atoms with van der Waals surface area (Å²) in [6.45, 7) is 2.37. The summed E-state index contributed by atoms with van der Waals surface area (Å²) >= 11 is 1.34. The highest BCUT2D eigenvalue weighted by molar-refractivity contribution is 7.91. The van der Waals surface area contributed by atoms with Crippen LogP contribution in [0, 0.1) is 0 Å². The molecule has 8 heteroatoms. The Balaban J connectivity index is 1.80. The largest absolute Gasteiger partial charge is 0.493 e. The fraction of sp³-hybridized carbons (Fsp3) is 0.227. The van der Waals surface area contributed by atoms with E-state index in [4.69, 9.17) is 9.47 Å². The molecule has 0 radical (unpaired) electrons. The Hall–Kier alpha value is -2.84. The number of anilines is 1. The first-order valence-electron chi connectivity index (χ1n) is 9.47. The van der Waals surface area contributed by atoms with E-state index in [1.165, 1.54) is 11.3 Å². The molecule has 0 fully saturated rings. The summed E-state index contributed by atoms with van der Waals surface area (Å²) in [7, 11) is -2.17. The predicted molar refractivity (Wildman–Crippen MR) is 115 cm³/mol. The fourth-order valence-electron chi connectivity index (χ4n) is 3.58. The summed E-state index contributed by atoms with van der Waals surface area (Å²) in [6.07, 6.45) is 0.232. The number of carbonyl (C=O) groups is 1. The highest BCUT2D eigenvalue weighted by Crippen LogP contribution is 2.46. The lowest BCUT2D eigenvalue weighted by Crippen LogP contribution is -2.23. The summed E-state index contributed by atoms with van der Waals surface area (Å²) in [5, 5.41) is 4.39. The van der Waals surface area contributed by atoms with Crippen molar-refractivity contribution in [3.05, 3.63) is 64.4 Å². The van der Waals surface area contributed by atoms with Gasteiger partial charge in [0.1, 0.15) is 4.90 Å². The van der Waals surface area contributed by atoms with Crippen LogP contribution in [0.1, 0.15) is 29.7 Å². The second kappa shape index (κ2) is 8.12. The third kappa shape index (κ3) is 3.57. The van der Waals surface area contributed by atoms with Gasteiger partial charge in [-0.15, -0.1) is 11.3 Å². The van der Waals surface area contributed by atoms with Crippen LogP contribution in [-0.2, 0) is 14.6 Å². The van der Waals surface area contributed by atoms with Crippen LogP contribution in [0.5, 0.6) is 11.5 Å². The van der Waals surface area contributed by atoms with Gasteiger partial charge in [0.25, 0.3) is 0 Å². The lowest BCUT2D eigenvalue weighted by atomic mass is 9.90. The summed E-state index contributed by atoms with van der Waals surface area (Å²) in [5.41, 5.74) is 1.25. The quantitative estimate of drug-likeness (QED) is 0.608. The van der Waals surface area contributed by atoms with Gasteiger partial charge in [0, 0.05) is 22.6 Å². The summed E-state index contributed by atoms with van der Waals surface area (Å²) in [4.78, 5) is 13.6. The number of hydrogen-bond donors (Lipinski definition) is 1. The van der Waals surface area contributed by atoms with Crippen molar-refractivity contribution in [2.24, 2.45) is 0 Å². The second-order valence-electron chi connectivity index (χ2n) is 6.80. The third-order valence-corrected chi connectivity index (χ3v) is 8.03. The van der Waals surface area contributed by atoms with Crippen LogP contribution in [0.2, 0.25) is 0 Å². The molecule has 0 unspecified atom stereocenters. The lowest BCUT2D eigenvalue weighted by Gasteiger charge is -2.24. The molecule has 0 spiro atoms. The van der Waals surface area contributed by atoms with Crippen molar-refractivity contribution in [1.82, 2.24) is 0 Å². The molecule has 6 nitrogen and oxygen atoms in total. The first kappa shape index (κ1) is 20.4. The lowest BCUT2D eigenvalue weighted by molar-refractivity contribution is -0.116. The van der Waals surface area contributed by atoms with Crippen molar-refractivity contribution in [2.75, 3.05) is 19.0 Å². The molecule has 30 heavy (non-hydrogen) atoms. The van der Waals surface area contributed by atoms with Crippen molar-refractivity contribution in [3.8, 4) is 11.5 Å². The van der Waals surface area contributed by atoms with E-state index in [-0.39, 0.29) is 28.0 Å². The number of ether oxygens (including phenoxy) is 2. The van der Waals surface area contributed by atoms with Crippen molar-refractivity contribution in [2.45, 2.75) is 29.1 Å². The molecule has 4 rings (SSSR count). The van der Waals surface area contributed by atoms with E-state index in [1.54, 1.807) is 42.8 Å². The molecule has 1 aliphatic rings. The van der Waals surface area contributed by atoms with Gasteiger partial charge < -0.3 is 14.8 Å². The summed E-state index contributed by atoms with van der Waals surface area (Å²) < 4.78 is 37.3. The molecule has 2 aromatic carbocycles. The van der Waals surface area contributed by atoms with Gasteiger partial charge in [0.05, 0.1) is 24.3 Å². The minimum atomic E-state index is -3.74. The molecule has 0 aliphatic carbocycles. The van der Waals surface area contributed by atoms with Crippen LogP contribution in [-0.4, -0.2) is 28.0 Å². The number of fused-ring (bicyclic) bond motifs is 1. The molecule has 1 atom stereocenters. The number of benzene rings is 2. The zero-order valence-electron chi connectivity index (χ0n) is 16.5. The molecule has 0 bridgehead atoms. The summed E-state index contributed by atoms with van der Waals surface area (Å²) in [6, 6.07) is 13.8. The highest BCUT2D eigenvalue weighted by atomic mass is 32.2. The molecule has 1 aromatic heterocycles. The monoisotopic (exact) mass is 443 g/mol. The first-order chi connectivity index (χ1) is 14.5. The number of amides is 1. The van der Waals surface area contributed by atoms with Crippen LogP contribution in [0.4, 0.5) is 5.69 Å². The Morgan fingerprint density at radius 1 is 1.13 bits per heavy atom. The number of rotatable bonds is 6. The highest BCUT2D eigenvalue weighted by Gasteiger charge is 2.34. The van der Waals surface area contributed by atoms with Gasteiger partial charge in [-0.05, 0) is 36.8 Å². The van der Waals surface area contributed by atoms with Gasteiger partial charge in [-0.2, -0.15) is 0 Å². The van der Waals surface area contributed by atoms with E-state index in [1.807, 2.05) is 25.1 Å². The van der Waals surface area contributed by atoms with E-state index < -0.39 is 9.84 Å². The predicted octanol–water partition coefficient (Wildman–Crippen LogP) is 4.46. The molecule has 1 N–H and O–H groups in total. The zero-order chi connectivity index (χ0) is 21.3. The minimum Gasteiger partial charge on any atom is -0.493 e. The van der Waals surface area contributed by atoms with Crippen molar-refractivity contribution < 1.29 is 22.7 Å². The number of hydrogen-bond acceptors (Lipinski definition) is 6. The molecule has 3 aromatic rings. The van der Waals surface area contributed by atoms with Gasteiger partial charge in [-0.1, -0.05) is 24.3 Å². The van der Waals surface area contributed by atoms with E-state index in [2.05, 4.69) is 5.32 Å². The molecule has 1 amide bonds. The minimum absolute atomic E-state index is 0.130. The van der Waals surface area contributed by atoms with E-state index in [9.17, 15) is 13.2 Å². The van der Waals surface area contributed by atoms with Crippen LogP contribution in [0.15, 0.2) is 63.7 Å². The number of nitrogens with one attached hydrogen (secondary N) is 1. The average molecular weight is 444 g/mol. The second-order valence-corrected chi connectivity index (χ2v) is 9.63. The normalized spacial score (nSPS) is 15.9. The van der Waals surface area contributed by atoms with Crippen molar-refractivity contribution >= 4 is 32.8 Å². The standard InChI is InChI=1S/C22H21NO5S2/c1-3-28-18-11-14(9-10-17(18)27-2)16-12-20(24)23-21-19(13-29-22(16)21)30(25,26)15-7-5-4-6-8-15/h4-11,13,16H,3,12H2,1-2H3,(H,23,24)/t16-/m1/s1. The molecular weight excluding hydrogens is 422 g/mol. The molecule has 2 heterocycles. The van der Waals surface area contributed by atoms with Crippen molar-refractivity contribution in [3.63, 3.8) is 0 Å². The molecule has 0 saturated carbocycles. The number of sulfone groups is 1. The summed E-state index contributed by atoms with van der Waals surface area (Å²) in [5.74, 6) is 0.728. The van der Waals surface area contributed by atoms with Gasteiger partial charge in [-0.25, -0.2) is 8.42 Å².